The lowest BCUT2D eigenvalue weighted by Crippen LogP contribution is -2.50. The molecule has 8 nitrogen and oxygen atoms in total. The maximum Gasteiger partial charge on any atom is 0.276 e. The number of carbonyl (C=O) groups excluding carboxylic acids is 2. The maximum absolute atomic E-state index is 13.8. The molecule has 0 bridgehead atoms. The monoisotopic (exact) mass is 463 g/mol. The molecule has 0 saturated heterocycles. The van der Waals surface area contributed by atoms with Crippen LogP contribution in [-0.2, 0) is 13.1 Å². The van der Waals surface area contributed by atoms with Crippen molar-refractivity contribution in [2.24, 2.45) is 11.8 Å². The molecule has 2 unspecified atom stereocenters. The van der Waals surface area contributed by atoms with Crippen molar-refractivity contribution in [1.29, 1.82) is 0 Å². The zero-order chi connectivity index (χ0) is 24.4. The minimum atomic E-state index is -1.20. The lowest BCUT2D eigenvalue weighted by Gasteiger charge is -2.35. The molecule has 1 aliphatic heterocycles. The fraction of sp³-hybridized carbons (Fsp3) is 0.435. The molecule has 0 radical (unpaired) electrons. The number of pyridine rings is 1. The van der Waals surface area contributed by atoms with E-state index in [1.54, 1.807) is 0 Å². The molecule has 1 aromatic heterocycles. The number of nitrogens with zero attached hydrogens (tertiary/aromatic N) is 2. The molecule has 2 atom stereocenters. The summed E-state index contributed by atoms with van der Waals surface area (Å²) >= 11 is 0. The molecule has 0 aliphatic carbocycles. The summed E-state index contributed by atoms with van der Waals surface area (Å²) in [5, 5.41) is 23.3. The first-order valence-electron chi connectivity index (χ1n) is 10.7. The van der Waals surface area contributed by atoms with E-state index in [-0.39, 0.29) is 30.9 Å². The number of aromatic nitrogens is 1. The highest BCUT2D eigenvalue weighted by Crippen LogP contribution is 2.24. The highest BCUT2D eigenvalue weighted by atomic mass is 19.1. The van der Waals surface area contributed by atoms with Crippen molar-refractivity contribution in [3.8, 4) is 5.75 Å². The molecular weight excluding hydrogens is 436 g/mol. The van der Waals surface area contributed by atoms with Crippen LogP contribution in [0.4, 0.5) is 8.78 Å². The van der Waals surface area contributed by atoms with Crippen LogP contribution >= 0.6 is 0 Å². The molecule has 33 heavy (non-hydrogen) atoms. The number of halogens is 2. The Hall–Kier alpha value is -3.27. The van der Waals surface area contributed by atoms with Crippen LogP contribution in [0.1, 0.15) is 53.6 Å². The van der Waals surface area contributed by atoms with Crippen LogP contribution in [0, 0.1) is 23.5 Å². The van der Waals surface area contributed by atoms with Gasteiger partial charge in [0.15, 0.2) is 11.4 Å². The molecule has 178 valence electrons. The lowest BCUT2D eigenvalue weighted by molar-refractivity contribution is -0.0147. The predicted molar refractivity (Wildman–Crippen MR) is 116 cm³/mol. The van der Waals surface area contributed by atoms with Gasteiger partial charge in [-0.05, 0) is 24.3 Å². The number of amides is 2. The molecule has 0 spiro atoms. The topological polar surface area (TPSA) is 112 Å². The molecule has 2 aromatic rings. The van der Waals surface area contributed by atoms with Crippen molar-refractivity contribution in [3.63, 3.8) is 0 Å². The van der Waals surface area contributed by atoms with Crippen LogP contribution in [0.2, 0.25) is 0 Å². The van der Waals surface area contributed by atoms with Gasteiger partial charge in [0.2, 0.25) is 5.43 Å². The van der Waals surface area contributed by atoms with Gasteiger partial charge in [0, 0.05) is 30.9 Å². The minimum absolute atomic E-state index is 0.00361. The standard InChI is InChI=1S/C23H27F2N3O5/c1-12(2)13(3)6-7-28-18(29)11-27-10-16(20(30)21(31)19(27)23(28)33)22(32)26-9-14-4-5-15(24)8-17(14)25/h4-5,8,10,12-13,18,29,31H,6-7,9,11H2,1-3H3,(H,26,32). The molecule has 0 fully saturated rings. The number of nitrogens with one attached hydrogen (secondary N) is 1. The number of hydrogen-bond donors (Lipinski definition) is 3. The minimum Gasteiger partial charge on any atom is -0.503 e. The Morgan fingerprint density at radius 3 is 2.58 bits per heavy atom. The van der Waals surface area contributed by atoms with Crippen LogP contribution in [0.3, 0.4) is 0 Å². The quantitative estimate of drug-likeness (QED) is 0.583. The summed E-state index contributed by atoms with van der Waals surface area (Å²) in [6.07, 6.45) is 0.518. The van der Waals surface area contributed by atoms with E-state index in [2.05, 4.69) is 19.2 Å². The summed E-state index contributed by atoms with van der Waals surface area (Å²) in [5.74, 6) is -3.47. The van der Waals surface area contributed by atoms with E-state index >= 15 is 0 Å². The Bertz CT molecular complexity index is 1130. The van der Waals surface area contributed by atoms with Crippen LogP contribution in [0.5, 0.6) is 5.75 Å². The van der Waals surface area contributed by atoms with Crippen molar-refractivity contribution in [3.05, 3.63) is 63.1 Å². The van der Waals surface area contributed by atoms with Gasteiger partial charge in [-0.25, -0.2) is 8.78 Å². The first-order valence-corrected chi connectivity index (χ1v) is 10.7. The van der Waals surface area contributed by atoms with E-state index in [1.807, 2.05) is 6.92 Å². The molecule has 10 heteroatoms. The number of aliphatic hydroxyl groups excluding tert-OH is 1. The summed E-state index contributed by atoms with van der Waals surface area (Å²) in [7, 11) is 0. The van der Waals surface area contributed by atoms with Gasteiger partial charge < -0.3 is 25.0 Å². The van der Waals surface area contributed by atoms with Crippen molar-refractivity contribution in [2.45, 2.75) is 46.5 Å². The fourth-order valence-corrected chi connectivity index (χ4v) is 3.59. The number of benzene rings is 1. The van der Waals surface area contributed by atoms with Crippen LogP contribution in [0.25, 0.3) is 0 Å². The van der Waals surface area contributed by atoms with Crippen molar-refractivity contribution >= 4 is 11.8 Å². The van der Waals surface area contributed by atoms with E-state index in [9.17, 15) is 33.4 Å². The van der Waals surface area contributed by atoms with Crippen LogP contribution in [-0.4, -0.2) is 44.3 Å². The molecule has 3 N–H and O–H groups in total. The van der Waals surface area contributed by atoms with Gasteiger partial charge in [-0.1, -0.05) is 26.8 Å². The maximum atomic E-state index is 13.8. The average Bonchev–Trinajstić information content (AvgIpc) is 2.74. The van der Waals surface area contributed by atoms with Crippen LogP contribution in [0.15, 0.2) is 29.2 Å². The van der Waals surface area contributed by atoms with Crippen LogP contribution < -0.4 is 10.7 Å². The normalized spacial score (nSPS) is 16.6. The highest BCUT2D eigenvalue weighted by Gasteiger charge is 2.35. The fourth-order valence-electron chi connectivity index (χ4n) is 3.59. The Balaban J connectivity index is 1.82. The smallest absolute Gasteiger partial charge is 0.276 e. The third-order valence-corrected chi connectivity index (χ3v) is 6.10. The zero-order valence-corrected chi connectivity index (χ0v) is 18.6. The van der Waals surface area contributed by atoms with Crippen molar-refractivity contribution < 1.29 is 28.6 Å². The summed E-state index contributed by atoms with van der Waals surface area (Å²) < 4.78 is 28.0. The number of hydrogen-bond acceptors (Lipinski definition) is 5. The van der Waals surface area contributed by atoms with E-state index in [1.165, 1.54) is 9.47 Å². The summed E-state index contributed by atoms with van der Waals surface area (Å²) in [5.41, 5.74) is -1.83. The Kier molecular flexibility index (Phi) is 7.16. The second kappa shape index (κ2) is 9.70. The summed E-state index contributed by atoms with van der Waals surface area (Å²) in [4.78, 5) is 39.3. The molecule has 3 rings (SSSR count). The van der Waals surface area contributed by atoms with Gasteiger partial charge in [0.05, 0.1) is 6.54 Å². The number of aliphatic hydroxyl groups is 1. The first kappa shape index (κ1) is 24.4. The van der Waals surface area contributed by atoms with E-state index in [0.29, 0.717) is 24.3 Å². The van der Waals surface area contributed by atoms with Gasteiger partial charge in [-0.3, -0.25) is 14.4 Å². The number of rotatable bonds is 7. The SMILES string of the molecule is CC(C)C(C)CCN1C(=O)c2c(O)c(=O)c(C(=O)NCc3ccc(F)cc3F)cn2CC1O. The highest BCUT2D eigenvalue weighted by molar-refractivity contribution is 5.99. The molecule has 2 amide bonds. The zero-order valence-electron chi connectivity index (χ0n) is 18.6. The molecule has 2 heterocycles. The average molecular weight is 463 g/mol. The van der Waals surface area contributed by atoms with Gasteiger partial charge in [-0.2, -0.15) is 0 Å². The van der Waals surface area contributed by atoms with Crippen molar-refractivity contribution in [2.75, 3.05) is 6.54 Å². The Morgan fingerprint density at radius 2 is 1.94 bits per heavy atom. The Morgan fingerprint density at radius 1 is 1.24 bits per heavy atom. The lowest BCUT2D eigenvalue weighted by atomic mass is 9.94. The van der Waals surface area contributed by atoms with E-state index in [0.717, 1.165) is 18.3 Å². The molecule has 1 aliphatic rings. The number of aromatic hydroxyl groups is 1. The van der Waals surface area contributed by atoms with Gasteiger partial charge >= 0.3 is 0 Å². The van der Waals surface area contributed by atoms with E-state index in [4.69, 9.17) is 0 Å². The second-order valence-electron chi connectivity index (χ2n) is 8.63. The van der Waals surface area contributed by atoms with Gasteiger partial charge in [-0.15, -0.1) is 0 Å². The Labute approximate surface area is 189 Å². The molecular formula is C23H27F2N3O5. The third-order valence-electron chi connectivity index (χ3n) is 6.10. The molecule has 0 saturated carbocycles. The number of fused-ring (bicyclic) bond motifs is 1. The summed E-state index contributed by atoms with van der Waals surface area (Å²) in [6, 6.07) is 2.86. The second-order valence-corrected chi connectivity index (χ2v) is 8.63. The van der Waals surface area contributed by atoms with Gasteiger partial charge in [0.1, 0.15) is 23.4 Å². The first-order chi connectivity index (χ1) is 15.5. The molecule has 1 aromatic carbocycles. The predicted octanol–water partition coefficient (Wildman–Crippen LogP) is 2.22. The van der Waals surface area contributed by atoms with E-state index < -0.39 is 46.4 Å². The third kappa shape index (κ3) is 5.05. The largest absolute Gasteiger partial charge is 0.503 e. The number of carbonyl (C=O) groups is 2. The van der Waals surface area contributed by atoms with Crippen molar-refractivity contribution in [1.82, 2.24) is 14.8 Å². The van der Waals surface area contributed by atoms with Gasteiger partial charge in [0.25, 0.3) is 11.8 Å². The summed E-state index contributed by atoms with van der Waals surface area (Å²) in [6.45, 7) is 5.92.